The van der Waals surface area contributed by atoms with Crippen LogP contribution in [0, 0.1) is 0 Å². The molecule has 0 radical (unpaired) electrons. The van der Waals surface area contributed by atoms with E-state index >= 15 is 0 Å². The molecule has 0 amide bonds. The van der Waals surface area contributed by atoms with Gasteiger partial charge in [0.25, 0.3) is 0 Å². The first-order valence-electron chi connectivity index (χ1n) is 8.70. The molecule has 0 aliphatic carbocycles. The van der Waals surface area contributed by atoms with Crippen molar-refractivity contribution in [3.63, 3.8) is 0 Å². The Balaban J connectivity index is 2.23. The number of carboxylic acids is 1. The minimum Gasteiger partial charge on any atom is -0.478 e. The highest BCUT2D eigenvalue weighted by molar-refractivity contribution is 5.86. The van der Waals surface area contributed by atoms with Gasteiger partial charge in [0, 0.05) is 5.57 Å². The summed E-state index contributed by atoms with van der Waals surface area (Å²) in [6, 6.07) is 0. The van der Waals surface area contributed by atoms with Crippen LogP contribution in [0.15, 0.2) is 11.6 Å². The minimum absolute atomic E-state index is 0.241. The predicted molar refractivity (Wildman–Crippen MR) is 87.8 cm³/mol. The summed E-state index contributed by atoms with van der Waals surface area (Å²) in [5.74, 6) is -1.44. The molecule has 0 aromatic heterocycles. The maximum absolute atomic E-state index is 11.3. The molecule has 1 atom stereocenters. The van der Waals surface area contributed by atoms with Crippen LogP contribution >= 0.6 is 0 Å². The Hall–Kier alpha value is -0.870. The number of hydrogen-bond donors (Lipinski definition) is 1. The van der Waals surface area contributed by atoms with Crippen LogP contribution in [0.2, 0.25) is 0 Å². The number of hydrogen-bond acceptors (Lipinski definition) is 3. The molecule has 0 spiro atoms. The number of ether oxygens (including phenoxy) is 2. The average molecular weight is 312 g/mol. The Bertz CT molecular complexity index is 360. The van der Waals surface area contributed by atoms with Gasteiger partial charge in [-0.25, -0.2) is 4.79 Å². The molecule has 1 aliphatic rings. The zero-order chi connectivity index (χ0) is 16.4. The molecular formula is C18H32O4. The molecule has 128 valence electrons. The molecule has 0 aromatic carbocycles. The highest BCUT2D eigenvalue weighted by atomic mass is 16.7. The fourth-order valence-electron chi connectivity index (χ4n) is 2.73. The molecule has 1 heterocycles. The second kappa shape index (κ2) is 10.0. The third kappa shape index (κ3) is 7.95. The van der Waals surface area contributed by atoms with E-state index in [-0.39, 0.29) is 6.10 Å². The number of rotatable bonds is 11. The smallest absolute Gasteiger partial charge is 0.331 e. The van der Waals surface area contributed by atoms with E-state index in [1.165, 1.54) is 38.5 Å². The molecule has 1 fully saturated rings. The average Bonchev–Trinajstić information content (AvgIpc) is 2.79. The molecule has 0 bridgehead atoms. The Morgan fingerprint density at radius 3 is 2.23 bits per heavy atom. The summed E-state index contributed by atoms with van der Waals surface area (Å²) in [7, 11) is 0. The molecule has 1 aliphatic heterocycles. The van der Waals surface area contributed by atoms with Gasteiger partial charge in [0.05, 0.1) is 6.61 Å². The zero-order valence-electron chi connectivity index (χ0n) is 14.4. The van der Waals surface area contributed by atoms with Gasteiger partial charge < -0.3 is 14.6 Å². The summed E-state index contributed by atoms with van der Waals surface area (Å²) < 4.78 is 11.1. The number of aliphatic carboxylic acids is 1. The van der Waals surface area contributed by atoms with Gasteiger partial charge >= 0.3 is 5.97 Å². The molecule has 0 saturated carbocycles. The number of carbonyl (C=O) groups is 1. The summed E-state index contributed by atoms with van der Waals surface area (Å²) in [5.41, 5.74) is 0.456. The Morgan fingerprint density at radius 1 is 1.14 bits per heavy atom. The van der Waals surface area contributed by atoms with Crippen molar-refractivity contribution in [1.29, 1.82) is 0 Å². The van der Waals surface area contributed by atoms with E-state index in [1.54, 1.807) is 6.08 Å². The molecule has 1 N–H and O–H groups in total. The van der Waals surface area contributed by atoms with Gasteiger partial charge in [0.15, 0.2) is 5.79 Å². The van der Waals surface area contributed by atoms with Crippen molar-refractivity contribution in [2.75, 3.05) is 6.61 Å². The van der Waals surface area contributed by atoms with Gasteiger partial charge in [-0.15, -0.1) is 0 Å². The lowest BCUT2D eigenvalue weighted by atomic mass is 10.0. The molecular weight excluding hydrogens is 280 g/mol. The maximum atomic E-state index is 11.3. The van der Waals surface area contributed by atoms with Gasteiger partial charge in [-0.2, -0.15) is 0 Å². The van der Waals surface area contributed by atoms with Crippen molar-refractivity contribution >= 4 is 5.97 Å². The van der Waals surface area contributed by atoms with Crippen LogP contribution in [0.3, 0.4) is 0 Å². The van der Waals surface area contributed by atoms with E-state index in [1.807, 2.05) is 13.8 Å². The highest BCUT2D eigenvalue weighted by Crippen LogP contribution is 2.24. The lowest BCUT2D eigenvalue weighted by Gasteiger charge is -2.16. The summed E-state index contributed by atoms with van der Waals surface area (Å²) in [4.78, 5) is 11.3. The Morgan fingerprint density at radius 2 is 1.73 bits per heavy atom. The number of unbranched alkanes of at least 4 members (excludes halogenated alkanes) is 7. The minimum atomic E-state index is -0.837. The number of carboxylic acid groups (broad SMARTS) is 1. The topological polar surface area (TPSA) is 55.8 Å². The first-order chi connectivity index (χ1) is 10.4. The van der Waals surface area contributed by atoms with Crippen LogP contribution in [-0.2, 0) is 14.3 Å². The molecule has 1 unspecified atom stereocenters. The largest absolute Gasteiger partial charge is 0.478 e. The summed E-state index contributed by atoms with van der Waals surface area (Å²) in [5, 5.41) is 9.30. The van der Waals surface area contributed by atoms with Crippen molar-refractivity contribution in [1.82, 2.24) is 0 Å². The summed E-state index contributed by atoms with van der Waals surface area (Å²) >= 11 is 0. The highest BCUT2D eigenvalue weighted by Gasteiger charge is 2.31. The van der Waals surface area contributed by atoms with E-state index in [2.05, 4.69) is 6.92 Å². The van der Waals surface area contributed by atoms with Crippen molar-refractivity contribution in [3.05, 3.63) is 11.6 Å². The third-order valence-corrected chi connectivity index (χ3v) is 3.99. The van der Waals surface area contributed by atoms with Crippen LogP contribution in [0.4, 0.5) is 0 Å². The second-order valence-corrected chi connectivity index (χ2v) is 6.59. The van der Waals surface area contributed by atoms with Crippen molar-refractivity contribution in [2.24, 2.45) is 0 Å². The van der Waals surface area contributed by atoms with Crippen molar-refractivity contribution < 1.29 is 19.4 Å². The fourth-order valence-corrected chi connectivity index (χ4v) is 2.73. The van der Waals surface area contributed by atoms with Gasteiger partial charge in [-0.05, 0) is 32.8 Å². The molecule has 22 heavy (non-hydrogen) atoms. The van der Waals surface area contributed by atoms with Crippen LogP contribution in [0.1, 0.15) is 78.6 Å². The van der Waals surface area contributed by atoms with Gasteiger partial charge in [0.1, 0.15) is 6.10 Å². The Labute approximate surface area is 134 Å². The van der Waals surface area contributed by atoms with Gasteiger partial charge in [0.2, 0.25) is 0 Å². The monoisotopic (exact) mass is 312 g/mol. The van der Waals surface area contributed by atoms with Crippen LogP contribution in [0.25, 0.3) is 0 Å². The normalized spacial score (nSPS) is 21.2. The Kier molecular flexibility index (Phi) is 8.72. The van der Waals surface area contributed by atoms with Crippen LogP contribution in [0.5, 0.6) is 0 Å². The van der Waals surface area contributed by atoms with E-state index in [0.717, 1.165) is 12.8 Å². The lowest BCUT2D eigenvalue weighted by molar-refractivity contribution is -0.135. The molecule has 0 aromatic rings. The maximum Gasteiger partial charge on any atom is 0.331 e. The lowest BCUT2D eigenvalue weighted by Crippen LogP contribution is -2.21. The van der Waals surface area contributed by atoms with Crippen LogP contribution in [-0.4, -0.2) is 29.6 Å². The summed E-state index contributed by atoms with van der Waals surface area (Å²) in [6.07, 6.45) is 11.8. The quantitative estimate of drug-likeness (QED) is 0.444. The molecule has 4 heteroatoms. The zero-order valence-corrected chi connectivity index (χ0v) is 14.4. The summed E-state index contributed by atoms with van der Waals surface area (Å²) in [6.45, 7) is 6.35. The fraction of sp³-hybridized carbons (Fsp3) is 0.833. The van der Waals surface area contributed by atoms with Crippen LogP contribution < -0.4 is 0 Å². The van der Waals surface area contributed by atoms with Crippen molar-refractivity contribution in [3.8, 4) is 0 Å². The third-order valence-electron chi connectivity index (χ3n) is 3.99. The van der Waals surface area contributed by atoms with E-state index in [0.29, 0.717) is 18.6 Å². The molecule has 4 nitrogen and oxygen atoms in total. The van der Waals surface area contributed by atoms with Gasteiger partial charge in [-0.1, -0.05) is 51.9 Å². The first-order valence-corrected chi connectivity index (χ1v) is 8.70. The SMILES string of the molecule is CCCCCCCCCCC(=CC1COC(C)(C)O1)C(=O)O. The molecule has 1 saturated heterocycles. The second-order valence-electron chi connectivity index (χ2n) is 6.59. The van der Waals surface area contributed by atoms with E-state index < -0.39 is 11.8 Å². The first kappa shape index (κ1) is 19.2. The standard InChI is InChI=1S/C18H32O4/c1-4-5-6-7-8-9-10-11-12-15(17(19)20)13-16-14-21-18(2,3)22-16/h13,16H,4-12,14H2,1-3H3,(H,19,20). The predicted octanol–water partition coefficient (Wildman–Crippen LogP) is 4.68. The van der Waals surface area contributed by atoms with E-state index in [4.69, 9.17) is 9.47 Å². The van der Waals surface area contributed by atoms with Gasteiger partial charge in [-0.3, -0.25) is 0 Å². The molecule has 1 rings (SSSR count). The van der Waals surface area contributed by atoms with Crippen molar-refractivity contribution in [2.45, 2.75) is 90.4 Å². The van der Waals surface area contributed by atoms with E-state index in [9.17, 15) is 9.90 Å².